The zero-order chi connectivity index (χ0) is 16.2. The standard InChI is InChI=1S/C20H18O3/c1-23-17-12-8-15(9-13-17)20(14-6-10-16(21)11-7-14)18-4-2-3-5-19(18)22/h2-13,20-22H,1H3. The van der Waals surface area contributed by atoms with Crippen molar-refractivity contribution >= 4 is 0 Å². The summed E-state index contributed by atoms with van der Waals surface area (Å²) in [6.45, 7) is 0. The molecule has 3 nitrogen and oxygen atoms in total. The largest absolute Gasteiger partial charge is 0.508 e. The molecule has 3 aromatic rings. The van der Waals surface area contributed by atoms with Crippen molar-refractivity contribution in [2.45, 2.75) is 5.92 Å². The lowest BCUT2D eigenvalue weighted by atomic mass is 9.84. The Hall–Kier alpha value is -2.94. The van der Waals surface area contributed by atoms with Crippen LogP contribution in [-0.4, -0.2) is 17.3 Å². The Labute approximate surface area is 135 Å². The number of phenols is 2. The van der Waals surface area contributed by atoms with Crippen LogP contribution in [0, 0.1) is 0 Å². The number of aromatic hydroxyl groups is 2. The third kappa shape index (κ3) is 3.14. The van der Waals surface area contributed by atoms with E-state index in [-0.39, 0.29) is 17.4 Å². The third-order valence-corrected chi connectivity index (χ3v) is 3.92. The van der Waals surface area contributed by atoms with Gasteiger partial charge >= 0.3 is 0 Å². The highest BCUT2D eigenvalue weighted by atomic mass is 16.5. The Balaban J connectivity index is 2.13. The molecule has 0 fully saturated rings. The van der Waals surface area contributed by atoms with E-state index in [1.165, 1.54) is 0 Å². The maximum atomic E-state index is 10.3. The average Bonchev–Trinajstić information content (AvgIpc) is 2.59. The van der Waals surface area contributed by atoms with E-state index >= 15 is 0 Å². The van der Waals surface area contributed by atoms with Crippen molar-refractivity contribution in [1.29, 1.82) is 0 Å². The van der Waals surface area contributed by atoms with Gasteiger partial charge in [-0.2, -0.15) is 0 Å². The maximum absolute atomic E-state index is 10.3. The summed E-state index contributed by atoms with van der Waals surface area (Å²) < 4.78 is 5.22. The molecule has 0 amide bonds. The molecule has 3 rings (SSSR count). The quantitative estimate of drug-likeness (QED) is 0.707. The predicted molar refractivity (Wildman–Crippen MR) is 90.2 cm³/mol. The second-order valence-corrected chi connectivity index (χ2v) is 5.36. The molecule has 0 spiro atoms. The van der Waals surface area contributed by atoms with Crippen LogP contribution >= 0.6 is 0 Å². The van der Waals surface area contributed by atoms with E-state index in [9.17, 15) is 10.2 Å². The second-order valence-electron chi connectivity index (χ2n) is 5.36. The van der Waals surface area contributed by atoms with E-state index in [2.05, 4.69) is 0 Å². The van der Waals surface area contributed by atoms with Gasteiger partial charge in [0.05, 0.1) is 7.11 Å². The van der Waals surface area contributed by atoms with E-state index in [1.807, 2.05) is 48.5 Å². The van der Waals surface area contributed by atoms with Gasteiger partial charge in [0.15, 0.2) is 0 Å². The summed E-state index contributed by atoms with van der Waals surface area (Å²) in [5.74, 6) is 1.14. The molecule has 0 heterocycles. The Morgan fingerprint density at radius 1 is 0.739 bits per heavy atom. The summed E-state index contributed by atoms with van der Waals surface area (Å²) in [7, 11) is 1.63. The maximum Gasteiger partial charge on any atom is 0.119 e. The summed E-state index contributed by atoms with van der Waals surface area (Å²) in [5, 5.41) is 19.8. The monoisotopic (exact) mass is 306 g/mol. The minimum Gasteiger partial charge on any atom is -0.508 e. The van der Waals surface area contributed by atoms with Gasteiger partial charge in [-0.25, -0.2) is 0 Å². The van der Waals surface area contributed by atoms with Crippen molar-refractivity contribution in [3.63, 3.8) is 0 Å². The fourth-order valence-corrected chi connectivity index (χ4v) is 2.75. The van der Waals surface area contributed by atoms with Crippen molar-refractivity contribution < 1.29 is 14.9 Å². The molecule has 116 valence electrons. The van der Waals surface area contributed by atoms with Crippen LogP contribution in [0.4, 0.5) is 0 Å². The van der Waals surface area contributed by atoms with Crippen LogP contribution in [0.5, 0.6) is 17.2 Å². The van der Waals surface area contributed by atoms with Gasteiger partial charge in [-0.05, 0) is 41.5 Å². The van der Waals surface area contributed by atoms with Gasteiger partial charge in [-0.1, -0.05) is 42.5 Å². The first-order valence-corrected chi connectivity index (χ1v) is 7.40. The second kappa shape index (κ2) is 6.44. The van der Waals surface area contributed by atoms with Gasteiger partial charge in [-0.3, -0.25) is 0 Å². The van der Waals surface area contributed by atoms with Gasteiger partial charge < -0.3 is 14.9 Å². The fraction of sp³-hybridized carbons (Fsp3) is 0.100. The number of methoxy groups -OCH3 is 1. The molecule has 3 aromatic carbocycles. The molecule has 0 aliphatic rings. The van der Waals surface area contributed by atoms with Crippen LogP contribution in [0.25, 0.3) is 0 Å². The third-order valence-electron chi connectivity index (χ3n) is 3.92. The van der Waals surface area contributed by atoms with Gasteiger partial charge in [0.25, 0.3) is 0 Å². The molecule has 3 heteroatoms. The summed E-state index contributed by atoms with van der Waals surface area (Å²) in [5.41, 5.74) is 2.86. The molecule has 0 aliphatic carbocycles. The van der Waals surface area contributed by atoms with Crippen molar-refractivity contribution in [2.75, 3.05) is 7.11 Å². The zero-order valence-corrected chi connectivity index (χ0v) is 12.8. The normalized spacial score (nSPS) is 11.9. The number of ether oxygens (including phenoxy) is 1. The lowest BCUT2D eigenvalue weighted by molar-refractivity contribution is 0.414. The van der Waals surface area contributed by atoms with E-state index in [0.29, 0.717) is 0 Å². The molecule has 0 aliphatic heterocycles. The van der Waals surface area contributed by atoms with Crippen LogP contribution in [0.3, 0.4) is 0 Å². The molecule has 0 aromatic heterocycles. The van der Waals surface area contributed by atoms with E-state index in [1.54, 1.807) is 31.4 Å². The Bertz CT molecular complexity index is 777. The smallest absolute Gasteiger partial charge is 0.119 e. The lowest BCUT2D eigenvalue weighted by Gasteiger charge is -2.20. The SMILES string of the molecule is COc1ccc(C(c2ccc(O)cc2)c2ccccc2O)cc1. The lowest BCUT2D eigenvalue weighted by Crippen LogP contribution is -2.03. The number of rotatable bonds is 4. The van der Waals surface area contributed by atoms with Crippen molar-refractivity contribution in [2.24, 2.45) is 0 Å². The number of hydrogen-bond donors (Lipinski definition) is 2. The van der Waals surface area contributed by atoms with Gasteiger partial charge in [0.2, 0.25) is 0 Å². The van der Waals surface area contributed by atoms with E-state index in [4.69, 9.17) is 4.74 Å². The van der Waals surface area contributed by atoms with Crippen molar-refractivity contribution in [3.05, 3.63) is 89.5 Å². The van der Waals surface area contributed by atoms with Crippen molar-refractivity contribution in [1.82, 2.24) is 0 Å². The zero-order valence-electron chi connectivity index (χ0n) is 12.8. The highest BCUT2D eigenvalue weighted by Gasteiger charge is 2.19. The van der Waals surface area contributed by atoms with Gasteiger partial charge in [0.1, 0.15) is 17.2 Å². The highest BCUT2D eigenvalue weighted by molar-refractivity contribution is 5.49. The molecule has 0 bridgehead atoms. The van der Waals surface area contributed by atoms with E-state index < -0.39 is 0 Å². The molecule has 2 N–H and O–H groups in total. The first-order valence-electron chi connectivity index (χ1n) is 7.40. The van der Waals surface area contributed by atoms with Crippen LogP contribution in [0.1, 0.15) is 22.6 Å². The molecule has 1 atom stereocenters. The Morgan fingerprint density at radius 2 is 1.30 bits per heavy atom. The van der Waals surface area contributed by atoms with Gasteiger partial charge in [-0.15, -0.1) is 0 Å². The molecular weight excluding hydrogens is 288 g/mol. The van der Waals surface area contributed by atoms with E-state index in [0.717, 1.165) is 22.4 Å². The first-order chi connectivity index (χ1) is 11.2. The molecule has 0 saturated heterocycles. The first kappa shape index (κ1) is 15.0. The minimum absolute atomic E-state index is 0.122. The molecular formula is C20H18O3. The van der Waals surface area contributed by atoms with Crippen LogP contribution < -0.4 is 4.74 Å². The number of para-hydroxylation sites is 1. The minimum atomic E-state index is -0.122. The Morgan fingerprint density at radius 3 is 1.87 bits per heavy atom. The van der Waals surface area contributed by atoms with Crippen LogP contribution in [-0.2, 0) is 0 Å². The van der Waals surface area contributed by atoms with Gasteiger partial charge in [0, 0.05) is 11.5 Å². The molecule has 1 unspecified atom stereocenters. The fourth-order valence-electron chi connectivity index (χ4n) is 2.75. The number of benzene rings is 3. The van der Waals surface area contributed by atoms with Crippen molar-refractivity contribution in [3.8, 4) is 17.2 Å². The molecule has 0 saturated carbocycles. The summed E-state index contributed by atoms with van der Waals surface area (Å²) in [4.78, 5) is 0. The van der Waals surface area contributed by atoms with Crippen LogP contribution in [0.2, 0.25) is 0 Å². The predicted octanol–water partition coefficient (Wildman–Crippen LogP) is 4.29. The summed E-state index contributed by atoms with van der Waals surface area (Å²) in [6, 6.07) is 22.2. The summed E-state index contributed by atoms with van der Waals surface area (Å²) in [6.07, 6.45) is 0. The highest BCUT2D eigenvalue weighted by Crippen LogP contribution is 2.37. The average molecular weight is 306 g/mol. The molecule has 0 radical (unpaired) electrons. The molecule has 23 heavy (non-hydrogen) atoms. The number of hydrogen-bond acceptors (Lipinski definition) is 3. The van der Waals surface area contributed by atoms with Crippen LogP contribution in [0.15, 0.2) is 72.8 Å². The summed E-state index contributed by atoms with van der Waals surface area (Å²) >= 11 is 0. The number of phenolic OH excluding ortho intramolecular Hbond substituents is 2. The Kier molecular flexibility index (Phi) is 4.20. The topological polar surface area (TPSA) is 49.7 Å².